The quantitative estimate of drug-likeness (QED) is 0.528. The van der Waals surface area contributed by atoms with Crippen LogP contribution in [0, 0.1) is 5.92 Å². The van der Waals surface area contributed by atoms with Gasteiger partial charge in [-0.2, -0.15) is 9.67 Å². The first-order valence-corrected chi connectivity index (χ1v) is 13.0. The zero-order chi connectivity index (χ0) is 23.6. The minimum atomic E-state index is 0.269. The Bertz CT molecular complexity index is 1150. The van der Waals surface area contributed by atoms with E-state index in [9.17, 15) is 0 Å². The highest BCUT2D eigenvalue weighted by Crippen LogP contribution is 2.44. The highest BCUT2D eigenvalue weighted by Gasteiger charge is 2.33. The first kappa shape index (κ1) is 22.3. The third-order valence-corrected chi connectivity index (χ3v) is 7.74. The van der Waals surface area contributed by atoms with Crippen molar-refractivity contribution in [2.24, 2.45) is 5.92 Å². The number of ether oxygens (including phenoxy) is 1. The molecule has 35 heavy (non-hydrogen) atoms. The van der Waals surface area contributed by atoms with Crippen LogP contribution >= 0.6 is 0 Å². The van der Waals surface area contributed by atoms with Crippen molar-refractivity contribution < 1.29 is 4.74 Å². The van der Waals surface area contributed by atoms with Crippen molar-refractivity contribution in [2.45, 2.75) is 57.3 Å². The number of rotatable bonds is 7. The van der Waals surface area contributed by atoms with Crippen molar-refractivity contribution in [3.8, 4) is 11.7 Å². The Morgan fingerprint density at radius 3 is 2.69 bits per heavy atom. The molecule has 3 aromatic rings. The van der Waals surface area contributed by atoms with E-state index < -0.39 is 0 Å². The van der Waals surface area contributed by atoms with Crippen LogP contribution in [-0.2, 0) is 6.42 Å². The van der Waals surface area contributed by atoms with E-state index in [0.29, 0.717) is 24.4 Å². The second kappa shape index (κ2) is 9.81. The number of anilines is 3. The molecule has 3 heterocycles. The monoisotopic (exact) mass is 474 g/mol. The summed E-state index contributed by atoms with van der Waals surface area (Å²) in [5.74, 6) is 3.32. The molecule has 1 saturated carbocycles. The molecule has 0 radical (unpaired) electrons. The number of aromatic nitrogens is 5. The van der Waals surface area contributed by atoms with Gasteiger partial charge in [-0.1, -0.05) is 12.8 Å². The highest BCUT2D eigenvalue weighted by atomic mass is 16.5. The second-order valence-corrected chi connectivity index (χ2v) is 10.0. The van der Waals surface area contributed by atoms with Gasteiger partial charge < -0.3 is 15.8 Å². The van der Waals surface area contributed by atoms with E-state index in [2.05, 4.69) is 25.3 Å². The van der Waals surface area contributed by atoms with E-state index in [0.717, 1.165) is 30.3 Å². The maximum Gasteiger partial charge on any atom is 0.254 e. The molecular formula is C26H34N8O. The van der Waals surface area contributed by atoms with Crippen LogP contribution in [0.15, 0.2) is 30.5 Å². The molecule has 2 unspecified atom stereocenters. The predicted molar refractivity (Wildman–Crippen MR) is 135 cm³/mol. The summed E-state index contributed by atoms with van der Waals surface area (Å²) in [4.78, 5) is 16.4. The van der Waals surface area contributed by atoms with Crippen LogP contribution in [0.3, 0.4) is 0 Å². The molecule has 0 bridgehead atoms. The van der Waals surface area contributed by atoms with Gasteiger partial charge in [0, 0.05) is 24.3 Å². The third kappa shape index (κ3) is 4.82. The second-order valence-electron chi connectivity index (χ2n) is 10.0. The Morgan fingerprint density at radius 2 is 1.83 bits per heavy atom. The summed E-state index contributed by atoms with van der Waals surface area (Å²) in [6.07, 6.45) is 12.0. The molecule has 9 heteroatoms. The minimum absolute atomic E-state index is 0.269. The number of likely N-dealkylation sites (tertiary alicyclic amines) is 1. The Morgan fingerprint density at radius 1 is 1.00 bits per heavy atom. The minimum Gasteiger partial charge on any atom is -0.492 e. The van der Waals surface area contributed by atoms with Crippen LogP contribution < -0.4 is 15.8 Å². The zero-order valence-electron chi connectivity index (χ0n) is 20.2. The van der Waals surface area contributed by atoms with Gasteiger partial charge in [0.05, 0.1) is 5.69 Å². The Balaban J connectivity index is 1.12. The van der Waals surface area contributed by atoms with E-state index in [1.54, 1.807) is 0 Å². The van der Waals surface area contributed by atoms with Crippen molar-refractivity contribution in [2.75, 3.05) is 37.3 Å². The number of aryl methyl sites for hydroxylation is 1. The van der Waals surface area contributed by atoms with E-state index in [1.165, 1.54) is 74.0 Å². The maximum atomic E-state index is 6.21. The zero-order valence-corrected chi connectivity index (χ0v) is 20.2. The molecule has 1 aromatic carbocycles. The fraction of sp³-hybridized carbons (Fsp3) is 0.538. The lowest BCUT2D eigenvalue weighted by atomic mass is 9.70. The first-order valence-electron chi connectivity index (χ1n) is 13.0. The number of fused-ring (bicyclic) bond motifs is 3. The lowest BCUT2D eigenvalue weighted by Crippen LogP contribution is -2.26. The van der Waals surface area contributed by atoms with Crippen LogP contribution in [0.1, 0.15) is 62.1 Å². The van der Waals surface area contributed by atoms with E-state index >= 15 is 0 Å². The van der Waals surface area contributed by atoms with Gasteiger partial charge in [-0.25, -0.2) is 9.97 Å². The van der Waals surface area contributed by atoms with Crippen molar-refractivity contribution in [1.82, 2.24) is 29.6 Å². The lowest BCUT2D eigenvalue weighted by molar-refractivity contribution is 0.238. The molecule has 0 amide bonds. The number of hydrogen-bond donors (Lipinski definition) is 2. The number of nitrogen functional groups attached to an aromatic ring is 1. The Labute approximate surface area is 206 Å². The van der Waals surface area contributed by atoms with Gasteiger partial charge in [-0.15, -0.1) is 5.10 Å². The number of nitrogens with two attached hydrogens (primary N) is 1. The molecule has 9 nitrogen and oxygen atoms in total. The van der Waals surface area contributed by atoms with Crippen LogP contribution in [0.4, 0.5) is 17.6 Å². The highest BCUT2D eigenvalue weighted by molar-refractivity contribution is 5.55. The van der Waals surface area contributed by atoms with Crippen molar-refractivity contribution in [1.29, 1.82) is 0 Å². The van der Waals surface area contributed by atoms with Crippen LogP contribution in [0.5, 0.6) is 5.75 Å². The number of nitrogens with zero attached hydrogens (tertiary/aromatic N) is 6. The van der Waals surface area contributed by atoms with Crippen molar-refractivity contribution >= 4 is 17.6 Å². The van der Waals surface area contributed by atoms with Crippen LogP contribution in [0.25, 0.3) is 5.95 Å². The Hall–Kier alpha value is -3.20. The van der Waals surface area contributed by atoms with Gasteiger partial charge in [0.15, 0.2) is 0 Å². The lowest BCUT2D eigenvalue weighted by Gasteiger charge is -2.36. The topological polar surface area (TPSA) is 107 Å². The smallest absolute Gasteiger partial charge is 0.254 e. The molecule has 6 rings (SSSR count). The van der Waals surface area contributed by atoms with Gasteiger partial charge in [0.2, 0.25) is 11.9 Å². The molecule has 2 aromatic heterocycles. The number of nitrogens with one attached hydrogen (secondary N) is 1. The van der Waals surface area contributed by atoms with Crippen molar-refractivity contribution in [3.05, 3.63) is 41.7 Å². The fourth-order valence-corrected chi connectivity index (χ4v) is 5.87. The van der Waals surface area contributed by atoms with E-state index in [1.807, 2.05) is 30.5 Å². The molecule has 184 valence electrons. The summed E-state index contributed by atoms with van der Waals surface area (Å²) in [6, 6.07) is 7.83. The van der Waals surface area contributed by atoms with Gasteiger partial charge in [-0.05, 0) is 87.4 Å². The average molecular weight is 475 g/mol. The first-order chi connectivity index (χ1) is 17.2. The van der Waals surface area contributed by atoms with Crippen LogP contribution in [-0.4, -0.2) is 55.9 Å². The SMILES string of the molecule is Nc1nc(Nc2ccc(OCCN3CCCC3)cc2)nn1-c1ncc2c(n1)C1CCCCC1CC2. The van der Waals surface area contributed by atoms with Gasteiger partial charge in [-0.3, -0.25) is 4.90 Å². The van der Waals surface area contributed by atoms with E-state index in [-0.39, 0.29) is 5.95 Å². The average Bonchev–Trinajstić information content (AvgIpc) is 3.54. The molecule has 2 atom stereocenters. The summed E-state index contributed by atoms with van der Waals surface area (Å²) < 4.78 is 7.43. The predicted octanol–water partition coefficient (Wildman–Crippen LogP) is 4.08. The van der Waals surface area contributed by atoms with Gasteiger partial charge in [0.1, 0.15) is 12.4 Å². The normalized spacial score (nSPS) is 21.9. The fourth-order valence-electron chi connectivity index (χ4n) is 5.87. The summed E-state index contributed by atoms with van der Waals surface area (Å²) >= 11 is 0. The largest absolute Gasteiger partial charge is 0.492 e. The standard InChI is InChI=1S/C26H34N8O/c27-24-31-25(29-20-9-11-21(12-10-20)35-16-15-33-13-3-4-14-33)32-34(24)26-28-17-19-8-7-18-5-1-2-6-22(18)23(19)30-26/h9-12,17-18,22H,1-8,13-16H2,(H3,27,29,31,32). The molecule has 2 fully saturated rings. The van der Waals surface area contributed by atoms with Gasteiger partial charge >= 0.3 is 0 Å². The number of benzene rings is 1. The molecule has 0 spiro atoms. The summed E-state index contributed by atoms with van der Waals surface area (Å²) in [5.41, 5.74) is 9.54. The van der Waals surface area contributed by atoms with E-state index in [4.69, 9.17) is 15.5 Å². The molecule has 3 N–H and O–H groups in total. The third-order valence-electron chi connectivity index (χ3n) is 7.74. The summed E-state index contributed by atoms with van der Waals surface area (Å²) in [6.45, 7) is 4.06. The Kier molecular flexibility index (Phi) is 6.24. The molecule has 1 saturated heterocycles. The maximum absolute atomic E-state index is 6.21. The molecule has 3 aliphatic rings. The molecular weight excluding hydrogens is 440 g/mol. The molecule has 1 aliphatic heterocycles. The van der Waals surface area contributed by atoms with Gasteiger partial charge in [0.25, 0.3) is 5.95 Å². The van der Waals surface area contributed by atoms with Crippen LogP contribution in [0.2, 0.25) is 0 Å². The summed E-state index contributed by atoms with van der Waals surface area (Å²) in [7, 11) is 0. The molecule has 2 aliphatic carbocycles. The summed E-state index contributed by atoms with van der Waals surface area (Å²) in [5, 5.41) is 7.78. The number of hydrogen-bond acceptors (Lipinski definition) is 8. The van der Waals surface area contributed by atoms with Crippen molar-refractivity contribution in [3.63, 3.8) is 0 Å².